The van der Waals surface area contributed by atoms with Gasteiger partial charge in [0.2, 0.25) is 0 Å². The highest BCUT2D eigenvalue weighted by Crippen LogP contribution is 2.31. The summed E-state index contributed by atoms with van der Waals surface area (Å²) in [7, 11) is 0. The Morgan fingerprint density at radius 3 is 2.89 bits per heavy atom. The van der Waals surface area contributed by atoms with Gasteiger partial charge in [-0.15, -0.1) is 0 Å². The summed E-state index contributed by atoms with van der Waals surface area (Å²) in [6.07, 6.45) is 0.958. The minimum absolute atomic E-state index is 0.348. The molecule has 0 amide bonds. The van der Waals surface area contributed by atoms with Crippen LogP contribution in [0.3, 0.4) is 0 Å². The van der Waals surface area contributed by atoms with Gasteiger partial charge in [-0.25, -0.2) is 4.98 Å². The second kappa shape index (κ2) is 4.29. The van der Waals surface area contributed by atoms with E-state index in [1.165, 1.54) is 6.33 Å². The van der Waals surface area contributed by atoms with E-state index in [2.05, 4.69) is 9.97 Å². The van der Waals surface area contributed by atoms with Crippen LogP contribution in [0.5, 0.6) is 0 Å². The maximum absolute atomic E-state index is 9.94. The van der Waals surface area contributed by atoms with Gasteiger partial charge in [-0.2, -0.15) is 0 Å². The molecule has 7 nitrogen and oxygen atoms in total. The molecule has 18 heavy (non-hydrogen) atoms. The summed E-state index contributed by atoms with van der Waals surface area (Å²) in [6, 6.07) is 1.74. The topological polar surface area (TPSA) is 101 Å². The van der Waals surface area contributed by atoms with Gasteiger partial charge in [0.15, 0.2) is 6.23 Å². The van der Waals surface area contributed by atoms with Crippen molar-refractivity contribution in [2.45, 2.75) is 24.5 Å². The number of hydrogen-bond acceptors (Lipinski definition) is 6. The monoisotopic (exact) mass is 251 g/mol. The van der Waals surface area contributed by atoms with E-state index in [4.69, 9.17) is 9.84 Å². The number of imidazole rings is 1. The van der Waals surface area contributed by atoms with Crippen LogP contribution in [0.1, 0.15) is 6.23 Å². The molecule has 0 saturated carbocycles. The normalized spacial score (nSPS) is 32.2. The lowest BCUT2D eigenvalue weighted by Gasteiger charge is -2.16. The number of nitrogens with zero attached hydrogens (tertiary/aromatic N) is 3. The quantitative estimate of drug-likeness (QED) is 0.635. The third-order valence-electron chi connectivity index (χ3n) is 3.17. The van der Waals surface area contributed by atoms with Gasteiger partial charge in [0.1, 0.15) is 18.3 Å². The SMILES string of the molecule is OC[C@H]1O[C@@H](n2cnc3ccncc32)[C@@H](O)[C@@H]1O. The summed E-state index contributed by atoms with van der Waals surface area (Å²) in [5, 5.41) is 28.7. The Labute approximate surface area is 102 Å². The van der Waals surface area contributed by atoms with Crippen LogP contribution in [0, 0.1) is 0 Å². The van der Waals surface area contributed by atoms with E-state index >= 15 is 0 Å². The van der Waals surface area contributed by atoms with Crippen molar-refractivity contribution < 1.29 is 20.1 Å². The summed E-state index contributed by atoms with van der Waals surface area (Å²) >= 11 is 0. The summed E-state index contributed by atoms with van der Waals surface area (Å²) in [5.74, 6) is 0. The molecule has 0 unspecified atom stereocenters. The molecule has 3 N–H and O–H groups in total. The number of ether oxygens (including phenoxy) is 1. The molecule has 0 radical (unpaired) electrons. The Morgan fingerprint density at radius 2 is 2.17 bits per heavy atom. The Kier molecular flexibility index (Phi) is 2.75. The lowest BCUT2D eigenvalue weighted by Crippen LogP contribution is -2.33. The van der Waals surface area contributed by atoms with Crippen molar-refractivity contribution in [2.24, 2.45) is 0 Å². The van der Waals surface area contributed by atoms with E-state index in [-0.39, 0.29) is 6.61 Å². The molecule has 1 fully saturated rings. The fraction of sp³-hybridized carbons (Fsp3) is 0.455. The van der Waals surface area contributed by atoms with Gasteiger partial charge < -0.3 is 20.1 Å². The maximum Gasteiger partial charge on any atom is 0.164 e. The highest BCUT2D eigenvalue weighted by atomic mass is 16.6. The fourth-order valence-corrected chi connectivity index (χ4v) is 2.19. The first-order valence-corrected chi connectivity index (χ1v) is 5.61. The van der Waals surface area contributed by atoms with Crippen molar-refractivity contribution >= 4 is 11.0 Å². The zero-order valence-corrected chi connectivity index (χ0v) is 9.42. The van der Waals surface area contributed by atoms with Crippen LogP contribution >= 0.6 is 0 Å². The molecular formula is C11H13N3O4. The highest BCUT2D eigenvalue weighted by Gasteiger charge is 2.43. The molecule has 7 heteroatoms. The van der Waals surface area contributed by atoms with Crippen LogP contribution in [0.15, 0.2) is 24.8 Å². The third-order valence-corrected chi connectivity index (χ3v) is 3.17. The smallest absolute Gasteiger partial charge is 0.164 e. The largest absolute Gasteiger partial charge is 0.394 e. The van der Waals surface area contributed by atoms with E-state index in [1.54, 1.807) is 23.0 Å². The Morgan fingerprint density at radius 1 is 1.33 bits per heavy atom. The van der Waals surface area contributed by atoms with Crippen molar-refractivity contribution in [1.29, 1.82) is 0 Å². The van der Waals surface area contributed by atoms with Crippen molar-refractivity contribution in [3.8, 4) is 0 Å². The first kappa shape index (κ1) is 11.5. The van der Waals surface area contributed by atoms with Crippen LogP contribution in [0.2, 0.25) is 0 Å². The molecule has 3 heterocycles. The fourth-order valence-electron chi connectivity index (χ4n) is 2.19. The molecule has 2 aromatic rings. The number of pyridine rings is 1. The molecule has 1 aliphatic rings. The van der Waals surface area contributed by atoms with Crippen LogP contribution in [-0.4, -0.2) is 54.8 Å². The number of aromatic nitrogens is 3. The van der Waals surface area contributed by atoms with Gasteiger partial charge in [0.25, 0.3) is 0 Å². The summed E-state index contributed by atoms with van der Waals surface area (Å²) < 4.78 is 7.04. The van der Waals surface area contributed by atoms with Crippen molar-refractivity contribution in [2.75, 3.05) is 6.61 Å². The molecule has 0 bridgehead atoms. The van der Waals surface area contributed by atoms with E-state index in [0.29, 0.717) is 5.52 Å². The summed E-state index contributed by atoms with van der Waals surface area (Å²) in [4.78, 5) is 8.15. The van der Waals surface area contributed by atoms with Gasteiger partial charge >= 0.3 is 0 Å². The predicted octanol–water partition coefficient (Wildman–Crippen LogP) is -0.957. The molecule has 0 aromatic carbocycles. The molecule has 96 valence electrons. The molecule has 1 saturated heterocycles. The predicted molar refractivity (Wildman–Crippen MR) is 60.5 cm³/mol. The van der Waals surface area contributed by atoms with Gasteiger partial charge in [0, 0.05) is 6.20 Å². The maximum atomic E-state index is 9.94. The Balaban J connectivity index is 2.00. The van der Waals surface area contributed by atoms with E-state index in [0.717, 1.165) is 5.52 Å². The number of fused-ring (bicyclic) bond motifs is 1. The first-order valence-electron chi connectivity index (χ1n) is 5.61. The van der Waals surface area contributed by atoms with Crippen LogP contribution < -0.4 is 0 Å². The van der Waals surface area contributed by atoms with E-state index in [9.17, 15) is 10.2 Å². The molecule has 1 aliphatic heterocycles. The molecule has 3 rings (SSSR count). The van der Waals surface area contributed by atoms with Gasteiger partial charge in [-0.1, -0.05) is 0 Å². The number of aliphatic hydroxyl groups is 3. The molecule has 4 atom stereocenters. The zero-order valence-electron chi connectivity index (χ0n) is 9.42. The Bertz CT molecular complexity index is 558. The summed E-state index contributed by atoms with van der Waals surface area (Å²) in [5.41, 5.74) is 1.43. The van der Waals surface area contributed by atoms with Gasteiger partial charge in [-0.3, -0.25) is 9.55 Å². The van der Waals surface area contributed by atoms with Gasteiger partial charge in [-0.05, 0) is 6.07 Å². The molecular weight excluding hydrogens is 238 g/mol. The van der Waals surface area contributed by atoms with E-state index < -0.39 is 24.5 Å². The third kappa shape index (κ3) is 1.60. The number of hydrogen-bond donors (Lipinski definition) is 3. The van der Waals surface area contributed by atoms with Gasteiger partial charge in [0.05, 0.1) is 30.2 Å². The highest BCUT2D eigenvalue weighted by molar-refractivity contribution is 5.73. The lowest BCUT2D eigenvalue weighted by atomic mass is 10.1. The summed E-state index contributed by atoms with van der Waals surface area (Å²) in [6.45, 7) is -0.348. The van der Waals surface area contributed by atoms with Crippen molar-refractivity contribution in [3.63, 3.8) is 0 Å². The minimum atomic E-state index is -1.12. The van der Waals surface area contributed by atoms with E-state index in [1.807, 2.05) is 0 Å². The second-order valence-electron chi connectivity index (χ2n) is 4.25. The van der Waals surface area contributed by atoms with Crippen molar-refractivity contribution in [3.05, 3.63) is 24.8 Å². The lowest BCUT2D eigenvalue weighted by molar-refractivity contribution is -0.0509. The van der Waals surface area contributed by atoms with Crippen LogP contribution in [-0.2, 0) is 4.74 Å². The Hall–Kier alpha value is -1.54. The average Bonchev–Trinajstić information content (AvgIpc) is 2.93. The van der Waals surface area contributed by atoms with Crippen LogP contribution in [0.25, 0.3) is 11.0 Å². The number of aliphatic hydroxyl groups excluding tert-OH is 3. The molecule has 0 aliphatic carbocycles. The molecule has 2 aromatic heterocycles. The first-order chi connectivity index (χ1) is 8.72. The van der Waals surface area contributed by atoms with Crippen molar-refractivity contribution in [1.82, 2.24) is 14.5 Å². The second-order valence-corrected chi connectivity index (χ2v) is 4.25. The average molecular weight is 251 g/mol. The van der Waals surface area contributed by atoms with Crippen LogP contribution in [0.4, 0.5) is 0 Å². The zero-order chi connectivity index (χ0) is 12.7. The molecule has 0 spiro atoms. The number of rotatable bonds is 2. The standard InChI is InChI=1S/C11H13N3O4/c15-4-8-9(16)10(17)11(18-8)14-5-13-6-1-2-12-3-7(6)14/h1-3,5,8-11,15-17H,4H2/t8-,9-,10+,11-/m1/s1. The minimum Gasteiger partial charge on any atom is -0.394 e.